The van der Waals surface area contributed by atoms with E-state index >= 15 is 0 Å². The number of hydrogen-bond acceptors (Lipinski definition) is 10. The molecule has 11 nitrogen and oxygen atoms in total. The molecule has 0 unspecified atom stereocenters. The molecule has 214 valence electrons. The smallest absolute Gasteiger partial charge is 0.329 e. The van der Waals surface area contributed by atoms with Gasteiger partial charge in [-0.15, -0.1) is 11.8 Å². The van der Waals surface area contributed by atoms with Crippen molar-refractivity contribution in [1.29, 1.82) is 0 Å². The third kappa shape index (κ3) is 9.37. The summed E-state index contributed by atoms with van der Waals surface area (Å²) in [5.74, 6) is -1.03. The number of nitrogens with two attached hydrogens (primary N) is 1. The van der Waals surface area contributed by atoms with Gasteiger partial charge in [-0.2, -0.15) is 4.98 Å². The van der Waals surface area contributed by atoms with E-state index in [-0.39, 0.29) is 30.0 Å². The molecular formula is C28H35N5O6S. The maximum Gasteiger partial charge on any atom is 0.329 e. The minimum Gasteiger partial charge on any atom is -0.460 e. The Morgan fingerprint density at radius 2 is 1.70 bits per heavy atom. The number of amides is 1. The molecular weight excluding hydrogens is 534 g/mol. The number of benzene rings is 1. The number of nitrogens with one attached hydrogen (secondary N) is 2. The molecule has 3 aromatic rings. The lowest BCUT2D eigenvalue weighted by atomic mass is 10.1. The lowest BCUT2D eigenvalue weighted by Gasteiger charge is -2.25. The predicted octanol–water partition coefficient (Wildman–Crippen LogP) is 3.75. The first-order valence-electron chi connectivity index (χ1n) is 12.7. The molecule has 40 heavy (non-hydrogen) atoms. The number of esters is 2. The summed E-state index contributed by atoms with van der Waals surface area (Å²) < 4.78 is 10.8. The number of H-pyrrole nitrogens is 1. The van der Waals surface area contributed by atoms with Gasteiger partial charge in [-0.25, -0.2) is 9.78 Å². The first-order chi connectivity index (χ1) is 18.6. The zero-order chi connectivity index (χ0) is 29.7. The molecule has 2 aromatic heterocycles. The number of rotatable bonds is 9. The molecule has 0 radical (unpaired) electrons. The van der Waals surface area contributed by atoms with Crippen LogP contribution in [0.25, 0.3) is 11.0 Å². The number of carbonyl (C=O) groups excluding carboxylic acids is 3. The van der Waals surface area contributed by atoms with Crippen molar-refractivity contribution in [3.05, 3.63) is 58.0 Å². The molecule has 3 rings (SSSR count). The topological polar surface area (TPSA) is 166 Å². The van der Waals surface area contributed by atoms with Crippen LogP contribution in [0.2, 0.25) is 0 Å². The van der Waals surface area contributed by atoms with Crippen LogP contribution < -0.4 is 16.6 Å². The van der Waals surface area contributed by atoms with E-state index in [1.165, 1.54) is 11.8 Å². The largest absolute Gasteiger partial charge is 0.460 e. The quantitative estimate of drug-likeness (QED) is 0.255. The molecule has 0 saturated carbocycles. The van der Waals surface area contributed by atoms with E-state index in [4.69, 9.17) is 15.2 Å². The van der Waals surface area contributed by atoms with Crippen LogP contribution in [0, 0.1) is 0 Å². The summed E-state index contributed by atoms with van der Waals surface area (Å²) in [6.07, 6.45) is 1.61. The highest BCUT2D eigenvalue weighted by molar-refractivity contribution is 7.98. The Kier molecular flexibility index (Phi) is 9.56. The van der Waals surface area contributed by atoms with Crippen molar-refractivity contribution in [3.8, 4) is 0 Å². The van der Waals surface area contributed by atoms with E-state index in [2.05, 4.69) is 20.3 Å². The number of aromatic amines is 1. The Morgan fingerprint density at radius 3 is 2.33 bits per heavy atom. The third-order valence-corrected chi connectivity index (χ3v) is 6.29. The number of ether oxygens (including phenoxy) is 2. The second kappa shape index (κ2) is 12.5. The number of hydrogen-bond donors (Lipinski definition) is 3. The zero-order valence-corrected chi connectivity index (χ0v) is 24.3. The molecule has 0 bridgehead atoms. The summed E-state index contributed by atoms with van der Waals surface area (Å²) >= 11 is 1.50. The van der Waals surface area contributed by atoms with Crippen molar-refractivity contribution in [2.45, 2.75) is 82.3 Å². The normalized spacial score (nSPS) is 12.6. The van der Waals surface area contributed by atoms with Gasteiger partial charge in [-0.05, 0) is 83.9 Å². The highest BCUT2D eigenvalue weighted by atomic mass is 32.2. The number of aromatic nitrogens is 3. The number of carbonyl (C=O) groups is 3. The molecule has 0 aliphatic rings. The molecule has 1 aromatic carbocycles. The van der Waals surface area contributed by atoms with Crippen molar-refractivity contribution < 1.29 is 23.9 Å². The average Bonchev–Trinajstić information content (AvgIpc) is 2.83. The van der Waals surface area contributed by atoms with Crippen LogP contribution >= 0.6 is 11.8 Å². The highest BCUT2D eigenvalue weighted by Crippen LogP contribution is 2.24. The van der Waals surface area contributed by atoms with Crippen molar-refractivity contribution in [2.75, 3.05) is 5.73 Å². The second-order valence-corrected chi connectivity index (χ2v) is 12.2. The predicted molar refractivity (Wildman–Crippen MR) is 153 cm³/mol. The standard InChI is InChI=1S/C28H35N5O6S/c1-27(2,3)38-21(34)12-11-20(25(37)39-28(4,5)6)31-23(35)17-7-9-18(10-8-17)40-15-16-13-19-22(30-14-16)32-26(29)33-24(19)36/h7-10,13-14,20H,11-12,15H2,1-6H3,(H,31,35)(H3,29,30,32,33,36)/t20-/m0/s1. The molecule has 0 aliphatic carbocycles. The first-order valence-corrected chi connectivity index (χ1v) is 13.7. The molecule has 1 atom stereocenters. The Morgan fingerprint density at radius 1 is 1.05 bits per heavy atom. The molecule has 0 fully saturated rings. The zero-order valence-electron chi connectivity index (χ0n) is 23.5. The van der Waals surface area contributed by atoms with Crippen molar-refractivity contribution in [3.63, 3.8) is 0 Å². The first kappa shape index (κ1) is 30.6. The number of thioether (sulfide) groups is 1. The van der Waals surface area contributed by atoms with Gasteiger partial charge in [0.15, 0.2) is 5.65 Å². The van der Waals surface area contributed by atoms with Crippen LogP contribution in [0.15, 0.2) is 46.2 Å². The Balaban J connectivity index is 1.64. The van der Waals surface area contributed by atoms with E-state index in [1.54, 1.807) is 78.1 Å². The maximum atomic E-state index is 13.0. The van der Waals surface area contributed by atoms with Crippen LogP contribution in [0.3, 0.4) is 0 Å². The summed E-state index contributed by atoms with van der Waals surface area (Å²) in [6, 6.07) is 7.55. The van der Waals surface area contributed by atoms with Gasteiger partial charge in [0.2, 0.25) is 5.95 Å². The fourth-order valence-electron chi connectivity index (χ4n) is 3.55. The number of pyridine rings is 1. The molecule has 0 spiro atoms. The van der Waals surface area contributed by atoms with Gasteiger partial charge in [0.25, 0.3) is 11.5 Å². The molecule has 12 heteroatoms. The average molecular weight is 570 g/mol. The number of nitrogen functional groups attached to an aromatic ring is 1. The van der Waals surface area contributed by atoms with Crippen molar-refractivity contribution in [1.82, 2.24) is 20.3 Å². The van der Waals surface area contributed by atoms with Gasteiger partial charge < -0.3 is 20.5 Å². The molecule has 0 aliphatic heterocycles. The second-order valence-electron chi connectivity index (χ2n) is 11.2. The minimum absolute atomic E-state index is 0.0108. The van der Waals surface area contributed by atoms with E-state index in [1.807, 2.05) is 0 Å². The molecule has 1 amide bonds. The van der Waals surface area contributed by atoms with E-state index < -0.39 is 35.1 Å². The Labute approximate surface area is 236 Å². The fourth-order valence-corrected chi connectivity index (χ4v) is 4.37. The monoisotopic (exact) mass is 569 g/mol. The third-order valence-electron chi connectivity index (χ3n) is 5.21. The summed E-state index contributed by atoms with van der Waals surface area (Å²) in [4.78, 5) is 61.7. The van der Waals surface area contributed by atoms with Gasteiger partial charge in [0, 0.05) is 28.8 Å². The fraction of sp³-hybridized carbons (Fsp3) is 0.429. The van der Waals surface area contributed by atoms with Gasteiger partial charge in [0.05, 0.1) is 5.39 Å². The molecule has 2 heterocycles. The van der Waals surface area contributed by atoms with Crippen LogP contribution in [0.4, 0.5) is 5.95 Å². The summed E-state index contributed by atoms with van der Waals surface area (Å²) in [6.45, 7) is 10.5. The summed E-state index contributed by atoms with van der Waals surface area (Å²) in [5.41, 5.74) is 5.24. The van der Waals surface area contributed by atoms with Crippen LogP contribution in [0.5, 0.6) is 0 Å². The van der Waals surface area contributed by atoms with Gasteiger partial charge in [-0.1, -0.05) is 0 Å². The molecule has 0 saturated heterocycles. The lowest BCUT2D eigenvalue weighted by molar-refractivity contribution is -0.158. The Hall–Kier alpha value is -3.93. The van der Waals surface area contributed by atoms with Crippen molar-refractivity contribution in [2.24, 2.45) is 0 Å². The number of nitrogens with zero attached hydrogens (tertiary/aromatic N) is 2. The lowest BCUT2D eigenvalue weighted by Crippen LogP contribution is -2.44. The van der Waals surface area contributed by atoms with Crippen LogP contribution in [0.1, 0.15) is 70.3 Å². The summed E-state index contributed by atoms with van der Waals surface area (Å²) in [5, 5.41) is 3.05. The number of fused-ring (bicyclic) bond motifs is 1. The van der Waals surface area contributed by atoms with E-state index in [9.17, 15) is 19.2 Å². The van der Waals surface area contributed by atoms with Crippen LogP contribution in [-0.2, 0) is 24.8 Å². The van der Waals surface area contributed by atoms with Gasteiger partial charge >= 0.3 is 11.9 Å². The minimum atomic E-state index is -1.03. The Bertz CT molecular complexity index is 1440. The van der Waals surface area contributed by atoms with Crippen LogP contribution in [-0.4, -0.2) is 50.0 Å². The maximum absolute atomic E-state index is 13.0. The van der Waals surface area contributed by atoms with Gasteiger partial charge in [0.1, 0.15) is 17.2 Å². The number of anilines is 1. The van der Waals surface area contributed by atoms with E-state index in [0.717, 1.165) is 10.5 Å². The van der Waals surface area contributed by atoms with E-state index in [0.29, 0.717) is 16.7 Å². The van der Waals surface area contributed by atoms with Gasteiger partial charge in [-0.3, -0.25) is 19.4 Å². The van der Waals surface area contributed by atoms with Crippen molar-refractivity contribution >= 4 is 46.6 Å². The SMILES string of the molecule is CC(C)(C)OC(=O)CC[C@H](NC(=O)c1ccc(SCc2cnc3nc(N)[nH]c(=O)c3c2)cc1)C(=O)OC(C)(C)C. The molecule has 4 N–H and O–H groups in total. The summed E-state index contributed by atoms with van der Waals surface area (Å²) in [7, 11) is 0. The highest BCUT2D eigenvalue weighted by Gasteiger charge is 2.28.